The lowest BCUT2D eigenvalue weighted by atomic mass is 9.80. The van der Waals surface area contributed by atoms with Gasteiger partial charge in [-0.2, -0.15) is 0 Å². The van der Waals surface area contributed by atoms with Gasteiger partial charge in [-0.3, -0.25) is 9.97 Å². The summed E-state index contributed by atoms with van der Waals surface area (Å²) in [6.07, 6.45) is 3.88. The van der Waals surface area contributed by atoms with Crippen LogP contribution >= 0.6 is 22.7 Å². The van der Waals surface area contributed by atoms with E-state index >= 15 is 0 Å². The lowest BCUT2D eigenvalue weighted by Gasteiger charge is -2.22. The van der Waals surface area contributed by atoms with Gasteiger partial charge in [0, 0.05) is 17.8 Å². The number of aromatic nitrogens is 2. The average molecular weight is 513 g/mol. The summed E-state index contributed by atoms with van der Waals surface area (Å²) in [5.41, 5.74) is 16.6. The summed E-state index contributed by atoms with van der Waals surface area (Å²) < 4.78 is 0. The van der Waals surface area contributed by atoms with Gasteiger partial charge >= 0.3 is 0 Å². The molecule has 0 saturated carbocycles. The van der Waals surface area contributed by atoms with Gasteiger partial charge in [-0.05, 0) is 79.9 Å². The third kappa shape index (κ3) is 3.76. The van der Waals surface area contributed by atoms with E-state index in [4.69, 9.17) is 0 Å². The molecule has 0 saturated heterocycles. The van der Waals surface area contributed by atoms with Crippen molar-refractivity contribution in [3.8, 4) is 54.3 Å². The lowest BCUT2D eigenvalue weighted by Crippen LogP contribution is -2.15. The van der Waals surface area contributed by atoms with Crippen LogP contribution in [0.3, 0.4) is 0 Å². The van der Waals surface area contributed by atoms with Crippen LogP contribution in [-0.2, 0) is 5.41 Å². The van der Waals surface area contributed by atoms with Crippen LogP contribution in [0.15, 0.2) is 108 Å². The Balaban J connectivity index is 1.28. The SMILES string of the molecule is CC1(C)c2cc(-c3cccc(-c4cncs4)c3)ccc2-c2ccc(-c3cccc(-c4cncs4)c3)cc21. The van der Waals surface area contributed by atoms with E-state index in [1.165, 1.54) is 65.4 Å². The van der Waals surface area contributed by atoms with Gasteiger partial charge in [-0.1, -0.05) is 74.5 Å². The van der Waals surface area contributed by atoms with Crippen molar-refractivity contribution in [1.82, 2.24) is 9.97 Å². The first-order valence-corrected chi connectivity index (χ1v) is 14.1. The van der Waals surface area contributed by atoms with Gasteiger partial charge in [-0.15, -0.1) is 22.7 Å². The first-order chi connectivity index (χ1) is 18.1. The molecule has 6 aromatic rings. The van der Waals surface area contributed by atoms with Gasteiger partial charge in [0.15, 0.2) is 0 Å². The second-order valence-corrected chi connectivity index (χ2v) is 11.8. The maximum atomic E-state index is 4.25. The van der Waals surface area contributed by atoms with Gasteiger partial charge in [-0.25, -0.2) is 0 Å². The minimum Gasteiger partial charge on any atom is -0.252 e. The van der Waals surface area contributed by atoms with Crippen molar-refractivity contribution in [3.63, 3.8) is 0 Å². The van der Waals surface area contributed by atoms with Crippen LogP contribution in [0, 0.1) is 0 Å². The molecule has 0 N–H and O–H groups in total. The zero-order valence-corrected chi connectivity index (χ0v) is 22.2. The van der Waals surface area contributed by atoms with Crippen molar-refractivity contribution in [1.29, 1.82) is 0 Å². The number of fused-ring (bicyclic) bond motifs is 3. The Morgan fingerprint density at radius 1 is 0.514 bits per heavy atom. The molecular weight excluding hydrogens is 489 g/mol. The fourth-order valence-corrected chi connectivity index (χ4v) is 6.76. The molecule has 4 heteroatoms. The molecule has 2 nitrogen and oxygen atoms in total. The largest absolute Gasteiger partial charge is 0.252 e. The Hall–Kier alpha value is -3.86. The lowest BCUT2D eigenvalue weighted by molar-refractivity contribution is 0.661. The van der Waals surface area contributed by atoms with Crippen LogP contribution in [0.25, 0.3) is 54.3 Å². The van der Waals surface area contributed by atoms with Crippen molar-refractivity contribution in [2.75, 3.05) is 0 Å². The van der Waals surface area contributed by atoms with Crippen molar-refractivity contribution in [3.05, 3.63) is 119 Å². The summed E-state index contributed by atoms with van der Waals surface area (Å²) in [6, 6.07) is 31.5. The second-order valence-electron chi connectivity index (χ2n) is 10.0. The van der Waals surface area contributed by atoms with Crippen LogP contribution in [0.1, 0.15) is 25.0 Å². The van der Waals surface area contributed by atoms with E-state index < -0.39 is 0 Å². The van der Waals surface area contributed by atoms with E-state index in [2.05, 4.69) is 109 Å². The highest BCUT2D eigenvalue weighted by Gasteiger charge is 2.35. The van der Waals surface area contributed by atoms with Gasteiger partial charge in [0.2, 0.25) is 0 Å². The van der Waals surface area contributed by atoms with E-state index in [0.29, 0.717) is 0 Å². The monoisotopic (exact) mass is 512 g/mol. The topological polar surface area (TPSA) is 25.8 Å². The third-order valence-corrected chi connectivity index (χ3v) is 9.15. The molecule has 0 atom stereocenters. The van der Waals surface area contributed by atoms with Crippen LogP contribution in [-0.4, -0.2) is 9.97 Å². The first-order valence-electron chi connectivity index (χ1n) is 12.4. The average Bonchev–Trinajstić information content (AvgIpc) is 3.71. The Bertz CT molecular complexity index is 1620. The van der Waals surface area contributed by atoms with Crippen LogP contribution in [0.2, 0.25) is 0 Å². The molecular formula is C33H24N2S2. The van der Waals surface area contributed by atoms with E-state index in [0.717, 1.165) is 0 Å². The first kappa shape index (κ1) is 22.3. The smallest absolute Gasteiger partial charge is 0.0797 e. The van der Waals surface area contributed by atoms with Crippen molar-refractivity contribution in [2.45, 2.75) is 19.3 Å². The molecule has 2 aromatic heterocycles. The van der Waals surface area contributed by atoms with Gasteiger partial charge < -0.3 is 0 Å². The molecule has 7 rings (SSSR count). The summed E-state index contributed by atoms with van der Waals surface area (Å²) in [4.78, 5) is 10.9. The predicted molar refractivity (Wildman–Crippen MR) is 157 cm³/mol. The zero-order valence-electron chi connectivity index (χ0n) is 20.6. The molecule has 0 radical (unpaired) electrons. The number of hydrogen-bond acceptors (Lipinski definition) is 4. The third-order valence-electron chi connectivity index (χ3n) is 7.50. The van der Waals surface area contributed by atoms with Crippen molar-refractivity contribution in [2.24, 2.45) is 0 Å². The molecule has 0 aliphatic heterocycles. The Labute approximate surface area is 225 Å². The van der Waals surface area contributed by atoms with E-state index in [-0.39, 0.29) is 5.41 Å². The standard InChI is InChI=1S/C33H24N2S2/c1-33(2)29-15-23(21-5-3-7-25(13-21)31-17-34-19-36-31)9-11-27(29)28-12-10-24(16-30(28)33)22-6-4-8-26(14-22)32-18-35-20-37-32/h3-20H,1-2H3. The van der Waals surface area contributed by atoms with Gasteiger partial charge in [0.1, 0.15) is 0 Å². The molecule has 0 unspecified atom stereocenters. The summed E-state index contributed by atoms with van der Waals surface area (Å²) in [7, 11) is 0. The van der Waals surface area contributed by atoms with Crippen molar-refractivity contribution >= 4 is 22.7 Å². The van der Waals surface area contributed by atoms with Crippen LogP contribution < -0.4 is 0 Å². The van der Waals surface area contributed by atoms with E-state index in [1.807, 2.05) is 23.4 Å². The number of hydrogen-bond donors (Lipinski definition) is 0. The maximum absolute atomic E-state index is 4.25. The molecule has 178 valence electrons. The summed E-state index contributed by atoms with van der Waals surface area (Å²) in [5.74, 6) is 0. The normalized spacial score (nSPS) is 13.4. The number of thiazole rings is 2. The number of nitrogens with zero attached hydrogens (tertiary/aromatic N) is 2. The summed E-state index contributed by atoms with van der Waals surface area (Å²) in [5, 5.41) is 0. The minimum atomic E-state index is -0.0821. The van der Waals surface area contributed by atoms with Crippen molar-refractivity contribution < 1.29 is 0 Å². The Morgan fingerprint density at radius 2 is 0.946 bits per heavy atom. The molecule has 0 amide bonds. The fourth-order valence-electron chi connectivity index (χ4n) is 5.52. The van der Waals surface area contributed by atoms with Gasteiger partial charge in [0.25, 0.3) is 0 Å². The molecule has 0 spiro atoms. The molecule has 0 fully saturated rings. The highest BCUT2D eigenvalue weighted by atomic mass is 32.1. The number of rotatable bonds is 4. The van der Waals surface area contributed by atoms with Crippen LogP contribution in [0.4, 0.5) is 0 Å². The molecule has 1 aliphatic carbocycles. The Morgan fingerprint density at radius 3 is 1.38 bits per heavy atom. The fraction of sp³-hybridized carbons (Fsp3) is 0.0909. The highest BCUT2D eigenvalue weighted by molar-refractivity contribution is 7.13. The molecule has 1 aliphatic rings. The molecule has 37 heavy (non-hydrogen) atoms. The van der Waals surface area contributed by atoms with E-state index in [9.17, 15) is 0 Å². The second kappa shape index (κ2) is 8.62. The predicted octanol–water partition coefficient (Wildman–Crippen LogP) is 9.57. The molecule has 0 bridgehead atoms. The summed E-state index contributed by atoms with van der Waals surface area (Å²) in [6.45, 7) is 4.71. The molecule has 2 heterocycles. The maximum Gasteiger partial charge on any atom is 0.0797 e. The quantitative estimate of drug-likeness (QED) is 0.235. The summed E-state index contributed by atoms with van der Waals surface area (Å²) >= 11 is 3.35. The minimum absolute atomic E-state index is 0.0821. The Kier molecular flexibility index (Phi) is 5.20. The highest BCUT2D eigenvalue weighted by Crippen LogP contribution is 2.50. The molecule has 4 aromatic carbocycles. The van der Waals surface area contributed by atoms with E-state index in [1.54, 1.807) is 22.7 Å². The zero-order chi connectivity index (χ0) is 25.0. The van der Waals surface area contributed by atoms with Gasteiger partial charge in [0.05, 0.1) is 20.8 Å². The van der Waals surface area contributed by atoms with Crippen LogP contribution in [0.5, 0.6) is 0 Å². The number of benzene rings is 4.